The van der Waals surface area contributed by atoms with Crippen molar-refractivity contribution in [3.63, 3.8) is 0 Å². The molecule has 0 heterocycles. The van der Waals surface area contributed by atoms with Crippen LogP contribution in [-0.2, 0) is 0 Å². The van der Waals surface area contributed by atoms with Crippen LogP contribution in [0.1, 0.15) is 27.7 Å². The van der Waals surface area contributed by atoms with Gasteiger partial charge in [0, 0.05) is 0 Å². The fourth-order valence-electron chi connectivity index (χ4n) is 2.11. The molecular weight excluding hydrogens is 454 g/mol. The Morgan fingerprint density at radius 3 is 1.23 bits per heavy atom. The number of aliphatic hydroxyl groups is 2. The summed E-state index contributed by atoms with van der Waals surface area (Å²) < 4.78 is 4.42. The minimum absolute atomic E-state index is 0.0282. The molecule has 0 aliphatic carbocycles. The maximum absolute atomic E-state index is 10.6. The number of hydrogen-bond acceptors (Lipinski definition) is 2. The molecule has 0 aliphatic heterocycles. The summed E-state index contributed by atoms with van der Waals surface area (Å²) >= 11 is 0.0565. The molecule has 0 saturated heterocycles. The predicted molar refractivity (Wildman–Crippen MR) is 112 cm³/mol. The van der Waals surface area contributed by atoms with E-state index in [-0.39, 0.29) is 29.9 Å². The van der Waals surface area contributed by atoms with Gasteiger partial charge in [-0.1, -0.05) is 0 Å². The summed E-state index contributed by atoms with van der Waals surface area (Å²) in [6, 6.07) is 20.5. The quantitative estimate of drug-likeness (QED) is 0.472. The second-order valence-electron chi connectivity index (χ2n) is 7.01. The van der Waals surface area contributed by atoms with Gasteiger partial charge in [-0.2, -0.15) is 0 Å². The third-order valence-electron chi connectivity index (χ3n) is 3.53. The Balaban J connectivity index is 2.34. The molecule has 0 unspecified atom stereocenters. The fourth-order valence-corrected chi connectivity index (χ4v) is 6.02. The maximum atomic E-state index is 10.6. The van der Waals surface area contributed by atoms with E-state index in [1.807, 2.05) is 76.2 Å². The van der Waals surface area contributed by atoms with Crippen molar-refractivity contribution in [2.75, 3.05) is 0 Å². The molecule has 0 aliphatic rings. The number of allylic oxidation sites excluding steroid dienone is 2. The van der Waals surface area contributed by atoms with E-state index in [9.17, 15) is 10.2 Å². The van der Waals surface area contributed by atoms with E-state index in [1.54, 1.807) is 0 Å². The number of rotatable bonds is 7. The number of benzene rings is 2. The Labute approximate surface area is 169 Å². The normalized spacial score (nSPS) is 13.8. The average Bonchev–Trinajstić information content (AvgIpc) is 2.57. The van der Waals surface area contributed by atoms with Crippen LogP contribution < -0.4 is 8.92 Å². The summed E-state index contributed by atoms with van der Waals surface area (Å²) in [5.74, 6) is 0. The van der Waals surface area contributed by atoms with Crippen LogP contribution in [0.15, 0.2) is 81.8 Å². The van der Waals surface area contributed by atoms with Crippen LogP contribution in [0.25, 0.3) is 0 Å². The van der Waals surface area contributed by atoms with Gasteiger partial charge in [0.1, 0.15) is 0 Å². The van der Waals surface area contributed by atoms with Crippen molar-refractivity contribution in [1.29, 1.82) is 0 Å². The van der Waals surface area contributed by atoms with E-state index < -0.39 is 11.2 Å². The predicted octanol–water partition coefficient (Wildman–Crippen LogP) is 2.36. The first-order valence-corrected chi connectivity index (χ1v) is 11.9. The van der Waals surface area contributed by atoms with Gasteiger partial charge in [-0.25, -0.2) is 0 Å². The first-order chi connectivity index (χ1) is 12.2. The molecule has 0 aromatic heterocycles. The van der Waals surface area contributed by atoms with Crippen molar-refractivity contribution in [2.24, 2.45) is 0 Å². The van der Waals surface area contributed by atoms with Crippen LogP contribution in [0.3, 0.4) is 0 Å². The van der Waals surface area contributed by atoms with Crippen molar-refractivity contribution < 1.29 is 10.2 Å². The molecule has 2 aromatic rings. The SMILES string of the molecule is CC(C)(O)/C(=C/C=C(\[Se]c1ccccc1)C(C)(C)O)[Se]c1ccccc1. The van der Waals surface area contributed by atoms with Crippen LogP contribution in [-0.4, -0.2) is 51.3 Å². The standard InChI is InChI=1S/C22H26O2Se2/c1-21(2,23)19(25-17-11-7-5-8-12-17)15-16-20(22(3,4)24)26-18-13-9-6-10-14-18/h5-16,23-24H,1-4H3/b19-15-,20-16-. The third kappa shape index (κ3) is 6.89. The molecule has 0 bridgehead atoms. The Kier molecular flexibility index (Phi) is 7.49. The summed E-state index contributed by atoms with van der Waals surface area (Å²) in [6.45, 7) is 7.29. The molecule has 0 radical (unpaired) electrons. The summed E-state index contributed by atoms with van der Waals surface area (Å²) in [6.07, 6.45) is 4.01. The molecule has 0 fully saturated rings. The molecular formula is C22H26O2Se2. The molecule has 0 spiro atoms. The average molecular weight is 480 g/mol. The molecule has 0 amide bonds. The van der Waals surface area contributed by atoms with Gasteiger partial charge in [-0.05, 0) is 0 Å². The third-order valence-corrected chi connectivity index (χ3v) is 9.26. The van der Waals surface area contributed by atoms with E-state index in [4.69, 9.17) is 0 Å². The van der Waals surface area contributed by atoms with Gasteiger partial charge >= 0.3 is 170 Å². The molecule has 2 rings (SSSR count). The van der Waals surface area contributed by atoms with Gasteiger partial charge in [-0.3, -0.25) is 0 Å². The van der Waals surface area contributed by atoms with Gasteiger partial charge in [0.2, 0.25) is 0 Å². The zero-order chi connectivity index (χ0) is 19.2. The summed E-state index contributed by atoms with van der Waals surface area (Å²) in [4.78, 5) is 0. The molecule has 0 saturated carbocycles. The fraction of sp³-hybridized carbons (Fsp3) is 0.273. The summed E-state index contributed by atoms with van der Waals surface area (Å²) in [5, 5.41) is 21.2. The topological polar surface area (TPSA) is 40.5 Å². The minimum atomic E-state index is -0.892. The first kappa shape index (κ1) is 21.2. The Hall–Kier alpha value is -1.12. The second-order valence-corrected chi connectivity index (χ2v) is 11.7. The van der Waals surface area contributed by atoms with E-state index in [0.29, 0.717) is 0 Å². The van der Waals surface area contributed by atoms with Gasteiger partial charge in [0.25, 0.3) is 0 Å². The van der Waals surface area contributed by atoms with Crippen LogP contribution >= 0.6 is 0 Å². The van der Waals surface area contributed by atoms with Crippen LogP contribution in [0.4, 0.5) is 0 Å². The monoisotopic (exact) mass is 482 g/mol. The second kappa shape index (κ2) is 9.19. The van der Waals surface area contributed by atoms with Gasteiger partial charge in [0.05, 0.1) is 0 Å². The number of hydrogen-bond donors (Lipinski definition) is 2. The van der Waals surface area contributed by atoms with E-state index in [0.717, 1.165) is 8.94 Å². The first-order valence-electron chi connectivity index (χ1n) is 8.50. The van der Waals surface area contributed by atoms with E-state index in [1.165, 1.54) is 8.92 Å². The van der Waals surface area contributed by atoms with Crippen molar-refractivity contribution in [3.05, 3.63) is 81.8 Å². The van der Waals surface area contributed by atoms with E-state index >= 15 is 0 Å². The molecule has 2 N–H and O–H groups in total. The zero-order valence-electron chi connectivity index (χ0n) is 15.6. The molecule has 2 nitrogen and oxygen atoms in total. The van der Waals surface area contributed by atoms with Gasteiger partial charge in [-0.15, -0.1) is 0 Å². The molecule has 0 atom stereocenters. The van der Waals surface area contributed by atoms with Crippen LogP contribution in [0.5, 0.6) is 0 Å². The molecule has 26 heavy (non-hydrogen) atoms. The van der Waals surface area contributed by atoms with Gasteiger partial charge < -0.3 is 0 Å². The van der Waals surface area contributed by atoms with Crippen LogP contribution in [0.2, 0.25) is 0 Å². The van der Waals surface area contributed by atoms with Gasteiger partial charge in [0.15, 0.2) is 0 Å². The van der Waals surface area contributed by atoms with Crippen molar-refractivity contribution in [1.82, 2.24) is 0 Å². The van der Waals surface area contributed by atoms with Crippen molar-refractivity contribution in [2.45, 2.75) is 38.9 Å². The van der Waals surface area contributed by atoms with Crippen LogP contribution in [0, 0.1) is 0 Å². The Bertz CT molecular complexity index is 685. The zero-order valence-corrected chi connectivity index (χ0v) is 19.1. The Morgan fingerprint density at radius 2 is 0.962 bits per heavy atom. The van der Waals surface area contributed by atoms with Crippen molar-refractivity contribution >= 4 is 38.8 Å². The Morgan fingerprint density at radius 1 is 0.654 bits per heavy atom. The molecule has 138 valence electrons. The van der Waals surface area contributed by atoms with Crippen molar-refractivity contribution in [3.8, 4) is 0 Å². The molecule has 4 heteroatoms. The molecule has 2 aromatic carbocycles. The summed E-state index contributed by atoms with van der Waals surface area (Å²) in [5.41, 5.74) is -1.78. The summed E-state index contributed by atoms with van der Waals surface area (Å²) in [7, 11) is 0. The van der Waals surface area contributed by atoms with E-state index in [2.05, 4.69) is 24.3 Å².